The highest BCUT2D eigenvalue weighted by molar-refractivity contribution is 5.90. The summed E-state index contributed by atoms with van der Waals surface area (Å²) in [5.41, 5.74) is 4.00. The van der Waals surface area contributed by atoms with Crippen LogP contribution in [0.1, 0.15) is 23.5 Å². The van der Waals surface area contributed by atoms with Crippen molar-refractivity contribution in [2.24, 2.45) is 7.05 Å². The Hall–Kier alpha value is -4.08. The van der Waals surface area contributed by atoms with Crippen LogP contribution in [0.4, 0.5) is 10.5 Å². The van der Waals surface area contributed by atoms with Crippen molar-refractivity contribution >= 4 is 11.7 Å². The highest BCUT2D eigenvalue weighted by Crippen LogP contribution is 2.28. The summed E-state index contributed by atoms with van der Waals surface area (Å²) in [7, 11) is 1.73. The Bertz CT molecular complexity index is 1280. The fourth-order valence-corrected chi connectivity index (χ4v) is 4.92. The van der Waals surface area contributed by atoms with Gasteiger partial charge in [0.05, 0.1) is 20.3 Å². The molecular formula is C30H35N7O2. The summed E-state index contributed by atoms with van der Waals surface area (Å²) in [5.74, 6) is 0.712. The molecule has 3 aromatic carbocycles. The lowest BCUT2D eigenvalue weighted by Crippen LogP contribution is -2.44. The summed E-state index contributed by atoms with van der Waals surface area (Å²) < 4.78 is 5.51. The van der Waals surface area contributed by atoms with Crippen molar-refractivity contribution in [3.63, 3.8) is 0 Å². The predicted molar refractivity (Wildman–Crippen MR) is 151 cm³/mol. The van der Waals surface area contributed by atoms with Gasteiger partial charge >= 0.3 is 6.03 Å². The summed E-state index contributed by atoms with van der Waals surface area (Å²) in [6.45, 7) is 5.31. The number of carbonyl (C=O) groups excluding carboxylic acids is 1. The zero-order valence-corrected chi connectivity index (χ0v) is 22.3. The fourth-order valence-electron chi connectivity index (χ4n) is 4.92. The third-order valence-electron chi connectivity index (χ3n) is 7.05. The molecule has 0 unspecified atom stereocenters. The zero-order valence-electron chi connectivity index (χ0n) is 22.3. The number of aryl methyl sites for hydroxylation is 1. The van der Waals surface area contributed by atoms with Gasteiger partial charge in [-0.15, -0.1) is 10.2 Å². The van der Waals surface area contributed by atoms with E-state index in [2.05, 4.69) is 74.2 Å². The van der Waals surface area contributed by atoms with E-state index in [9.17, 15) is 4.79 Å². The molecule has 0 spiro atoms. The number of hydrogen-bond donors (Lipinski definition) is 1. The van der Waals surface area contributed by atoms with Crippen molar-refractivity contribution in [3.8, 4) is 11.4 Å². The third-order valence-corrected chi connectivity index (χ3v) is 7.05. The molecule has 1 aliphatic rings. The van der Waals surface area contributed by atoms with Gasteiger partial charge < -0.3 is 15.0 Å². The van der Waals surface area contributed by atoms with Gasteiger partial charge in [-0.2, -0.15) is 4.80 Å². The Balaban J connectivity index is 1.32. The number of ether oxygens (including phenoxy) is 1. The maximum absolute atomic E-state index is 13.6. The predicted octanol–water partition coefficient (Wildman–Crippen LogP) is 4.27. The molecule has 1 fully saturated rings. The molecule has 4 aromatic rings. The van der Waals surface area contributed by atoms with Gasteiger partial charge in [0, 0.05) is 49.9 Å². The van der Waals surface area contributed by atoms with E-state index in [1.807, 2.05) is 41.3 Å². The van der Waals surface area contributed by atoms with Crippen LogP contribution in [0.3, 0.4) is 0 Å². The highest BCUT2D eigenvalue weighted by Gasteiger charge is 2.21. The molecule has 1 aromatic heterocycles. The van der Waals surface area contributed by atoms with Crippen LogP contribution in [0.15, 0.2) is 84.9 Å². The van der Waals surface area contributed by atoms with Crippen LogP contribution in [-0.2, 0) is 11.8 Å². The summed E-state index contributed by atoms with van der Waals surface area (Å²) in [6.07, 6.45) is 0.814. The monoisotopic (exact) mass is 525 g/mol. The van der Waals surface area contributed by atoms with Crippen molar-refractivity contribution in [3.05, 3.63) is 96.1 Å². The lowest BCUT2D eigenvalue weighted by Gasteiger charge is -2.31. The number of aromatic nitrogens is 4. The largest absolute Gasteiger partial charge is 0.379 e. The number of nitrogens with zero attached hydrogens (tertiary/aromatic N) is 6. The van der Waals surface area contributed by atoms with Crippen molar-refractivity contribution < 1.29 is 9.53 Å². The van der Waals surface area contributed by atoms with Crippen LogP contribution in [0.25, 0.3) is 11.4 Å². The SMILES string of the molecule is Cn1nnc(-c2cccc(NC(=O)N(CCC(c3ccccc3)c3ccccc3)CCN3CCOCC3)c2)n1. The van der Waals surface area contributed by atoms with E-state index >= 15 is 0 Å². The first-order valence-corrected chi connectivity index (χ1v) is 13.5. The lowest BCUT2D eigenvalue weighted by molar-refractivity contribution is 0.0351. The van der Waals surface area contributed by atoms with Crippen LogP contribution in [0.2, 0.25) is 0 Å². The van der Waals surface area contributed by atoms with E-state index < -0.39 is 0 Å². The molecule has 1 N–H and O–H groups in total. The molecule has 0 radical (unpaired) electrons. The first-order chi connectivity index (χ1) is 19.2. The minimum absolute atomic E-state index is 0.118. The van der Waals surface area contributed by atoms with Crippen LogP contribution >= 0.6 is 0 Å². The van der Waals surface area contributed by atoms with E-state index in [4.69, 9.17) is 4.74 Å². The Kier molecular flexibility index (Phi) is 8.93. The minimum atomic E-state index is -0.118. The quantitative estimate of drug-likeness (QED) is 0.333. The Morgan fingerprint density at radius 1 is 0.949 bits per heavy atom. The Morgan fingerprint density at radius 3 is 2.28 bits per heavy atom. The number of rotatable bonds is 10. The number of amides is 2. The first kappa shape index (κ1) is 26.5. The third kappa shape index (κ3) is 7.28. The average Bonchev–Trinajstić information content (AvgIpc) is 3.43. The van der Waals surface area contributed by atoms with Gasteiger partial charge in [0.25, 0.3) is 0 Å². The fraction of sp³-hybridized carbons (Fsp3) is 0.333. The summed E-state index contributed by atoms with van der Waals surface area (Å²) in [5, 5.41) is 15.4. The smallest absolute Gasteiger partial charge is 0.321 e. The van der Waals surface area contributed by atoms with Crippen molar-refractivity contribution in [1.29, 1.82) is 0 Å². The molecule has 0 saturated carbocycles. The number of anilines is 1. The van der Waals surface area contributed by atoms with Gasteiger partial charge in [0.15, 0.2) is 0 Å². The van der Waals surface area contributed by atoms with Crippen molar-refractivity contribution in [1.82, 2.24) is 30.0 Å². The molecule has 0 bridgehead atoms. The standard InChI is InChI=1S/C30H35N7O2/c1-35-33-29(32-34-35)26-13-8-14-27(23-26)31-30(38)37(18-17-36-19-21-39-22-20-36)16-15-28(24-9-4-2-5-10-24)25-11-6-3-7-12-25/h2-14,23,28H,15-22H2,1H3,(H,31,38). The lowest BCUT2D eigenvalue weighted by atomic mass is 9.88. The Labute approximate surface area is 229 Å². The number of morpholine rings is 1. The number of benzene rings is 3. The second-order valence-corrected chi connectivity index (χ2v) is 9.72. The van der Waals surface area contributed by atoms with Gasteiger partial charge in [0.1, 0.15) is 0 Å². The molecule has 5 rings (SSSR count). The molecule has 9 nitrogen and oxygen atoms in total. The average molecular weight is 526 g/mol. The highest BCUT2D eigenvalue weighted by atomic mass is 16.5. The Morgan fingerprint density at radius 2 is 1.64 bits per heavy atom. The van der Waals surface area contributed by atoms with E-state index in [1.165, 1.54) is 15.9 Å². The molecule has 2 heterocycles. The van der Waals surface area contributed by atoms with Gasteiger partial charge in [-0.1, -0.05) is 72.8 Å². The second-order valence-electron chi connectivity index (χ2n) is 9.72. The van der Waals surface area contributed by atoms with Gasteiger partial charge in [0.2, 0.25) is 5.82 Å². The topological polar surface area (TPSA) is 88.4 Å². The van der Waals surface area contributed by atoms with E-state index in [0.29, 0.717) is 24.6 Å². The first-order valence-electron chi connectivity index (χ1n) is 13.5. The summed E-state index contributed by atoms with van der Waals surface area (Å²) >= 11 is 0. The summed E-state index contributed by atoms with van der Waals surface area (Å²) in [4.78, 5) is 19.4. The minimum Gasteiger partial charge on any atom is -0.379 e. The molecule has 1 saturated heterocycles. The van der Waals surface area contributed by atoms with Crippen LogP contribution < -0.4 is 5.32 Å². The van der Waals surface area contributed by atoms with E-state index in [1.54, 1.807) is 7.05 Å². The van der Waals surface area contributed by atoms with Gasteiger partial charge in [-0.3, -0.25) is 4.90 Å². The number of carbonyl (C=O) groups is 1. The zero-order chi connectivity index (χ0) is 26.9. The number of tetrazole rings is 1. The van der Waals surface area contributed by atoms with Crippen LogP contribution in [0, 0.1) is 0 Å². The second kappa shape index (κ2) is 13.1. The van der Waals surface area contributed by atoms with Crippen LogP contribution in [0.5, 0.6) is 0 Å². The van der Waals surface area contributed by atoms with E-state index in [0.717, 1.165) is 44.8 Å². The number of nitrogens with one attached hydrogen (secondary N) is 1. The number of urea groups is 1. The molecule has 1 aliphatic heterocycles. The molecular weight excluding hydrogens is 490 g/mol. The van der Waals surface area contributed by atoms with Crippen LogP contribution in [-0.4, -0.2) is 82.0 Å². The van der Waals surface area contributed by atoms with E-state index in [-0.39, 0.29) is 11.9 Å². The number of hydrogen-bond acceptors (Lipinski definition) is 6. The maximum atomic E-state index is 13.6. The normalized spacial score (nSPS) is 13.9. The molecule has 0 aliphatic carbocycles. The molecule has 39 heavy (non-hydrogen) atoms. The van der Waals surface area contributed by atoms with Crippen molar-refractivity contribution in [2.45, 2.75) is 12.3 Å². The molecule has 202 valence electrons. The molecule has 0 atom stereocenters. The summed E-state index contributed by atoms with van der Waals surface area (Å²) in [6, 6.07) is 28.5. The molecule has 9 heteroatoms. The molecule has 2 amide bonds. The maximum Gasteiger partial charge on any atom is 0.321 e. The van der Waals surface area contributed by atoms with Gasteiger partial charge in [-0.25, -0.2) is 4.79 Å². The van der Waals surface area contributed by atoms with Crippen molar-refractivity contribution in [2.75, 3.05) is 51.3 Å². The van der Waals surface area contributed by atoms with Gasteiger partial charge in [-0.05, 0) is 34.9 Å².